The second-order valence-corrected chi connectivity index (χ2v) is 19.0. The Labute approximate surface area is 271 Å². The molecule has 44 heavy (non-hydrogen) atoms. The van der Waals surface area contributed by atoms with Gasteiger partial charge in [-0.2, -0.15) is 8.61 Å². The lowest BCUT2D eigenvalue weighted by molar-refractivity contribution is 0.123. The second kappa shape index (κ2) is 15.8. The van der Waals surface area contributed by atoms with Crippen LogP contribution in [0.2, 0.25) is 0 Å². The Morgan fingerprint density at radius 2 is 1.27 bits per heavy atom. The highest BCUT2D eigenvalue weighted by atomic mass is 32.3. The minimum Gasteiger partial charge on any atom is -0.445 e. The first-order valence-corrected chi connectivity index (χ1v) is 18.6. The molecule has 14 heteroatoms. The van der Waals surface area contributed by atoms with E-state index in [0.717, 1.165) is 5.56 Å². The van der Waals surface area contributed by atoms with E-state index in [-0.39, 0.29) is 34.2 Å². The van der Waals surface area contributed by atoms with Crippen molar-refractivity contribution in [3.63, 3.8) is 0 Å². The minimum absolute atomic E-state index is 0.112. The average molecular weight is 687 g/mol. The standard InChI is InChI=1S/C19H26N2O4S2.C11H20N2O2S2/c1-19(2,3)16(13-21(4)27(23,24)17-11-8-12-26-17)20-18(22)25-14-15-9-6-5-7-10-15;1-11(2,3)9(12)8-13(4)17(14,15)10-6-5-7-16-10/h5-12,16H,13-14H2,1-4H3,(H,20,22);5-7,9H,8,12H2,1-4H3/t16-;9-/m11/s1. The molecule has 0 aliphatic heterocycles. The molecule has 3 N–H and O–H groups in total. The molecule has 1 amide bonds. The van der Waals surface area contributed by atoms with Gasteiger partial charge in [0.05, 0.1) is 6.04 Å². The highest BCUT2D eigenvalue weighted by molar-refractivity contribution is 7.91. The number of sulfonamides is 2. The Morgan fingerprint density at radius 3 is 1.68 bits per heavy atom. The van der Waals surface area contributed by atoms with E-state index in [1.807, 2.05) is 71.9 Å². The third-order valence-corrected chi connectivity index (χ3v) is 13.3. The van der Waals surface area contributed by atoms with Crippen LogP contribution in [0.15, 0.2) is 73.8 Å². The van der Waals surface area contributed by atoms with Crippen molar-refractivity contribution in [2.45, 2.75) is 68.7 Å². The molecule has 0 bridgehead atoms. The summed E-state index contributed by atoms with van der Waals surface area (Å²) in [5, 5.41) is 6.29. The lowest BCUT2D eigenvalue weighted by atomic mass is 9.87. The molecule has 10 nitrogen and oxygen atoms in total. The number of rotatable bonds is 11. The summed E-state index contributed by atoms with van der Waals surface area (Å²) in [5.41, 5.74) is 6.42. The maximum Gasteiger partial charge on any atom is 0.407 e. The zero-order valence-electron chi connectivity index (χ0n) is 26.7. The number of nitrogens with two attached hydrogens (primary N) is 1. The molecule has 0 saturated carbocycles. The van der Waals surface area contributed by atoms with Crippen molar-refractivity contribution >= 4 is 48.8 Å². The third-order valence-electron chi connectivity index (χ3n) is 6.88. The molecule has 0 spiro atoms. The minimum atomic E-state index is -3.58. The molecule has 0 saturated heterocycles. The van der Waals surface area contributed by atoms with Crippen LogP contribution in [0.3, 0.4) is 0 Å². The fourth-order valence-corrected chi connectivity index (χ4v) is 8.36. The van der Waals surface area contributed by atoms with Crippen LogP contribution in [-0.4, -0.2) is 70.8 Å². The zero-order chi connectivity index (χ0) is 33.3. The van der Waals surface area contributed by atoms with Crippen LogP contribution in [-0.2, 0) is 31.4 Å². The van der Waals surface area contributed by atoms with E-state index in [1.54, 1.807) is 42.1 Å². The van der Waals surface area contributed by atoms with Gasteiger partial charge < -0.3 is 15.8 Å². The summed E-state index contributed by atoms with van der Waals surface area (Å²) in [6.45, 7) is 12.5. The monoisotopic (exact) mass is 686 g/mol. The summed E-state index contributed by atoms with van der Waals surface area (Å²) in [5.74, 6) is 0. The highest BCUT2D eigenvalue weighted by Gasteiger charge is 2.32. The molecule has 0 radical (unpaired) electrons. The predicted molar refractivity (Wildman–Crippen MR) is 179 cm³/mol. The molecule has 1 aromatic carbocycles. The van der Waals surface area contributed by atoms with E-state index in [4.69, 9.17) is 10.5 Å². The van der Waals surface area contributed by atoms with E-state index < -0.39 is 32.2 Å². The molecule has 0 unspecified atom stereocenters. The lowest BCUT2D eigenvalue weighted by Gasteiger charge is -2.33. The Balaban J connectivity index is 0.000000342. The van der Waals surface area contributed by atoms with Gasteiger partial charge in [-0.25, -0.2) is 21.6 Å². The summed E-state index contributed by atoms with van der Waals surface area (Å²) < 4.78 is 58.1. The van der Waals surface area contributed by atoms with E-state index in [0.29, 0.717) is 10.8 Å². The van der Waals surface area contributed by atoms with E-state index >= 15 is 0 Å². The van der Waals surface area contributed by atoms with Crippen LogP contribution in [0, 0.1) is 10.8 Å². The van der Waals surface area contributed by atoms with Gasteiger partial charge in [0.1, 0.15) is 15.0 Å². The number of carbonyl (C=O) groups is 1. The number of alkyl carbamates (subject to hydrolysis) is 1. The molecule has 0 fully saturated rings. The maximum atomic E-state index is 12.6. The molecule has 2 heterocycles. The molecule has 2 atom stereocenters. The van der Waals surface area contributed by atoms with E-state index in [1.165, 1.54) is 38.3 Å². The van der Waals surface area contributed by atoms with Crippen molar-refractivity contribution in [2.24, 2.45) is 16.6 Å². The van der Waals surface area contributed by atoms with Crippen molar-refractivity contribution in [1.82, 2.24) is 13.9 Å². The maximum absolute atomic E-state index is 12.6. The van der Waals surface area contributed by atoms with E-state index in [2.05, 4.69) is 5.32 Å². The Kier molecular flexibility index (Phi) is 13.6. The molecule has 3 aromatic rings. The fraction of sp³-hybridized carbons (Fsp3) is 0.500. The van der Waals surface area contributed by atoms with Crippen LogP contribution in [0.25, 0.3) is 0 Å². The number of amides is 1. The van der Waals surface area contributed by atoms with Crippen molar-refractivity contribution < 1.29 is 26.4 Å². The molecule has 2 aromatic heterocycles. The third kappa shape index (κ3) is 11.2. The SMILES string of the molecule is CN(C[C@@H](N)C(C)(C)C)S(=O)(=O)c1cccs1.CN(C[C@@H](NC(=O)OCc1ccccc1)C(C)(C)C)S(=O)(=O)c1cccs1. The van der Waals surface area contributed by atoms with Gasteiger partial charge in [-0.3, -0.25) is 0 Å². The smallest absolute Gasteiger partial charge is 0.407 e. The van der Waals surface area contributed by atoms with Gasteiger partial charge in [-0.1, -0.05) is 84.0 Å². The summed E-state index contributed by atoms with van der Waals surface area (Å²) in [6, 6.07) is 15.4. The van der Waals surface area contributed by atoms with Crippen LogP contribution >= 0.6 is 22.7 Å². The molecular weight excluding hydrogens is 641 g/mol. The lowest BCUT2D eigenvalue weighted by Crippen LogP contribution is -2.51. The normalized spacial score (nSPS) is 14.1. The van der Waals surface area contributed by atoms with Crippen molar-refractivity contribution in [2.75, 3.05) is 27.2 Å². The molecule has 3 rings (SSSR count). The molecule has 246 valence electrons. The van der Waals surface area contributed by atoms with Crippen molar-refractivity contribution in [3.05, 3.63) is 70.9 Å². The van der Waals surface area contributed by atoms with Gasteiger partial charge in [0.15, 0.2) is 0 Å². The second-order valence-electron chi connectivity index (χ2n) is 12.5. The highest BCUT2D eigenvalue weighted by Crippen LogP contribution is 2.25. The van der Waals surface area contributed by atoms with Gasteiger partial charge >= 0.3 is 6.09 Å². The van der Waals surface area contributed by atoms with Crippen molar-refractivity contribution in [3.8, 4) is 0 Å². The van der Waals surface area contributed by atoms with Gasteiger partial charge in [0.25, 0.3) is 20.0 Å². The first-order valence-electron chi connectivity index (χ1n) is 14.0. The number of likely N-dealkylation sites (N-methyl/N-ethyl adjacent to an activating group) is 2. The molecule has 0 aliphatic rings. The molecule has 0 aliphatic carbocycles. The van der Waals surface area contributed by atoms with Gasteiger partial charge in [-0.05, 0) is 39.3 Å². The van der Waals surface area contributed by atoms with Crippen LogP contribution in [0.4, 0.5) is 4.79 Å². The number of hydrogen-bond donors (Lipinski definition) is 2. The number of thiophene rings is 2. The first kappa shape index (κ1) is 37.9. The van der Waals surface area contributed by atoms with Gasteiger partial charge in [-0.15, -0.1) is 22.7 Å². The fourth-order valence-electron chi connectivity index (χ4n) is 3.57. The van der Waals surface area contributed by atoms with Crippen LogP contribution < -0.4 is 11.1 Å². The Hall–Kier alpha value is -2.33. The number of nitrogens with zero attached hydrogens (tertiary/aromatic N) is 2. The zero-order valence-corrected chi connectivity index (χ0v) is 29.9. The number of ether oxygens (including phenoxy) is 1. The largest absolute Gasteiger partial charge is 0.445 e. The van der Waals surface area contributed by atoms with Gasteiger partial charge in [0.2, 0.25) is 0 Å². The van der Waals surface area contributed by atoms with Crippen LogP contribution in [0.5, 0.6) is 0 Å². The summed E-state index contributed by atoms with van der Waals surface area (Å²) in [6.07, 6.45) is -0.569. The predicted octanol–water partition coefficient (Wildman–Crippen LogP) is 5.45. The Bertz CT molecular complexity index is 1500. The number of nitrogens with one attached hydrogen (secondary N) is 1. The topological polar surface area (TPSA) is 139 Å². The first-order chi connectivity index (χ1) is 20.3. The number of hydrogen-bond acceptors (Lipinski definition) is 9. The quantitative estimate of drug-likeness (QED) is 0.274. The van der Waals surface area contributed by atoms with Crippen molar-refractivity contribution in [1.29, 1.82) is 0 Å². The number of carbonyl (C=O) groups excluding carboxylic acids is 1. The Morgan fingerprint density at radius 1 is 0.795 bits per heavy atom. The molecular formula is C30H46N4O6S4. The summed E-state index contributed by atoms with van der Waals surface area (Å²) in [4.78, 5) is 12.2. The number of benzene rings is 1. The summed E-state index contributed by atoms with van der Waals surface area (Å²) >= 11 is 2.39. The van der Waals surface area contributed by atoms with E-state index in [9.17, 15) is 21.6 Å². The van der Waals surface area contributed by atoms with Gasteiger partial charge in [0, 0.05) is 33.2 Å². The average Bonchev–Trinajstić information content (AvgIpc) is 3.67. The summed E-state index contributed by atoms with van der Waals surface area (Å²) in [7, 11) is -3.87. The van der Waals surface area contributed by atoms with Crippen LogP contribution in [0.1, 0.15) is 47.1 Å².